The van der Waals surface area contributed by atoms with Gasteiger partial charge in [-0.3, -0.25) is 9.78 Å². The summed E-state index contributed by atoms with van der Waals surface area (Å²) in [5.74, 6) is 2.15. The lowest BCUT2D eigenvalue weighted by atomic mass is 10.1. The summed E-state index contributed by atoms with van der Waals surface area (Å²) in [5.41, 5.74) is 1.58. The Kier molecular flexibility index (Phi) is 4.92. The molecular formula is C20H20N4O4. The van der Waals surface area contributed by atoms with Crippen molar-refractivity contribution in [2.24, 2.45) is 0 Å². The van der Waals surface area contributed by atoms with Crippen molar-refractivity contribution in [3.63, 3.8) is 0 Å². The maximum atomic E-state index is 12.5. The van der Waals surface area contributed by atoms with Crippen molar-refractivity contribution in [2.75, 3.05) is 20.8 Å². The number of amides is 1. The van der Waals surface area contributed by atoms with E-state index in [9.17, 15) is 4.79 Å². The normalized spacial score (nSPS) is 16.4. The van der Waals surface area contributed by atoms with Crippen LogP contribution >= 0.6 is 0 Å². The van der Waals surface area contributed by atoms with Crippen molar-refractivity contribution in [1.29, 1.82) is 0 Å². The lowest BCUT2D eigenvalue weighted by Gasteiger charge is -2.17. The summed E-state index contributed by atoms with van der Waals surface area (Å²) in [5, 5.41) is 4.06. The number of aromatic nitrogens is 3. The van der Waals surface area contributed by atoms with Gasteiger partial charge in [-0.05, 0) is 29.8 Å². The zero-order chi connectivity index (χ0) is 19.5. The summed E-state index contributed by atoms with van der Waals surface area (Å²) in [7, 11) is 3.18. The van der Waals surface area contributed by atoms with Crippen molar-refractivity contribution in [2.45, 2.75) is 18.9 Å². The van der Waals surface area contributed by atoms with Gasteiger partial charge in [-0.1, -0.05) is 17.3 Å². The fourth-order valence-corrected chi connectivity index (χ4v) is 3.29. The third-order valence-corrected chi connectivity index (χ3v) is 4.73. The molecule has 2 aromatic heterocycles. The number of methoxy groups -OCH3 is 2. The molecule has 0 N–H and O–H groups in total. The smallest absolute Gasteiger partial charge is 0.276 e. The van der Waals surface area contributed by atoms with Crippen LogP contribution in [0.1, 0.15) is 23.7 Å². The Hall–Kier alpha value is -3.42. The van der Waals surface area contributed by atoms with Gasteiger partial charge in [-0.15, -0.1) is 0 Å². The Labute approximate surface area is 162 Å². The number of likely N-dealkylation sites (tertiary alicyclic amines) is 1. The minimum atomic E-state index is -0.103. The molecule has 8 heteroatoms. The van der Waals surface area contributed by atoms with E-state index in [4.69, 9.17) is 14.0 Å². The summed E-state index contributed by atoms with van der Waals surface area (Å²) in [4.78, 5) is 22.9. The van der Waals surface area contributed by atoms with Gasteiger partial charge in [0.2, 0.25) is 5.91 Å². The average Bonchev–Trinajstić information content (AvgIpc) is 3.36. The van der Waals surface area contributed by atoms with E-state index < -0.39 is 0 Å². The van der Waals surface area contributed by atoms with Gasteiger partial charge < -0.3 is 18.9 Å². The van der Waals surface area contributed by atoms with Crippen LogP contribution in [-0.4, -0.2) is 46.7 Å². The highest BCUT2D eigenvalue weighted by Gasteiger charge is 2.34. The SMILES string of the molecule is COc1ccc(CN2CC(c3noc(-c4ccccn4)n3)CC2=O)cc1OC. The van der Waals surface area contributed by atoms with Crippen LogP contribution in [0.15, 0.2) is 47.1 Å². The predicted molar refractivity (Wildman–Crippen MR) is 99.9 cm³/mol. The number of ether oxygens (including phenoxy) is 2. The molecule has 28 heavy (non-hydrogen) atoms. The summed E-state index contributed by atoms with van der Waals surface area (Å²) in [6, 6.07) is 11.1. The van der Waals surface area contributed by atoms with Gasteiger partial charge in [0.15, 0.2) is 17.3 Å². The fraction of sp³-hybridized carbons (Fsp3) is 0.300. The molecule has 144 valence electrons. The van der Waals surface area contributed by atoms with Gasteiger partial charge in [0.1, 0.15) is 5.69 Å². The molecule has 3 aromatic rings. The van der Waals surface area contributed by atoms with E-state index in [1.165, 1.54) is 0 Å². The van der Waals surface area contributed by atoms with Crippen LogP contribution in [0.25, 0.3) is 11.6 Å². The zero-order valence-corrected chi connectivity index (χ0v) is 15.7. The van der Waals surface area contributed by atoms with Crippen molar-refractivity contribution < 1.29 is 18.8 Å². The van der Waals surface area contributed by atoms with Gasteiger partial charge in [0.25, 0.3) is 5.89 Å². The van der Waals surface area contributed by atoms with Gasteiger partial charge in [0, 0.05) is 31.6 Å². The molecule has 3 heterocycles. The minimum absolute atomic E-state index is 0.0592. The van der Waals surface area contributed by atoms with E-state index in [2.05, 4.69) is 15.1 Å². The predicted octanol–water partition coefficient (Wildman–Crippen LogP) is 2.66. The molecule has 8 nitrogen and oxygen atoms in total. The second-order valence-corrected chi connectivity index (χ2v) is 6.54. The summed E-state index contributed by atoms with van der Waals surface area (Å²) in [6.07, 6.45) is 2.03. The summed E-state index contributed by atoms with van der Waals surface area (Å²) in [6.45, 7) is 1.02. The second-order valence-electron chi connectivity index (χ2n) is 6.54. The highest BCUT2D eigenvalue weighted by Crippen LogP contribution is 2.31. The molecule has 0 spiro atoms. The van der Waals surface area contributed by atoms with E-state index in [0.29, 0.717) is 48.4 Å². The first-order chi connectivity index (χ1) is 13.7. The number of carbonyl (C=O) groups excluding carboxylic acids is 1. The minimum Gasteiger partial charge on any atom is -0.493 e. The number of nitrogens with zero attached hydrogens (tertiary/aromatic N) is 4. The molecule has 0 saturated carbocycles. The number of hydrogen-bond acceptors (Lipinski definition) is 7. The molecule has 1 fully saturated rings. The lowest BCUT2D eigenvalue weighted by molar-refractivity contribution is -0.128. The first-order valence-corrected chi connectivity index (χ1v) is 8.91. The van der Waals surface area contributed by atoms with E-state index in [-0.39, 0.29) is 11.8 Å². The molecule has 1 amide bonds. The standard InChI is InChI=1S/C20H20N4O4/c1-26-16-7-6-13(9-17(16)27-2)11-24-12-14(10-18(24)25)19-22-20(28-23-19)15-5-3-4-8-21-15/h3-9,14H,10-12H2,1-2H3. The van der Waals surface area contributed by atoms with Crippen LogP contribution in [0, 0.1) is 0 Å². The Balaban J connectivity index is 1.47. The van der Waals surface area contributed by atoms with Gasteiger partial charge in [-0.25, -0.2) is 0 Å². The highest BCUT2D eigenvalue weighted by atomic mass is 16.5. The first-order valence-electron chi connectivity index (χ1n) is 8.91. The summed E-state index contributed by atoms with van der Waals surface area (Å²) >= 11 is 0. The maximum absolute atomic E-state index is 12.5. The Morgan fingerprint density at radius 3 is 2.79 bits per heavy atom. The molecule has 0 aliphatic carbocycles. The van der Waals surface area contributed by atoms with Crippen molar-refractivity contribution in [3.8, 4) is 23.1 Å². The van der Waals surface area contributed by atoms with Crippen LogP contribution in [0.3, 0.4) is 0 Å². The van der Waals surface area contributed by atoms with Crippen molar-refractivity contribution in [1.82, 2.24) is 20.0 Å². The maximum Gasteiger partial charge on any atom is 0.276 e. The van der Waals surface area contributed by atoms with E-state index in [1.807, 2.05) is 30.3 Å². The first kappa shape index (κ1) is 18.0. The third kappa shape index (κ3) is 3.53. The number of pyridine rings is 1. The summed E-state index contributed by atoms with van der Waals surface area (Å²) < 4.78 is 15.9. The largest absolute Gasteiger partial charge is 0.493 e. The number of hydrogen-bond donors (Lipinski definition) is 0. The molecule has 1 saturated heterocycles. The molecule has 0 radical (unpaired) electrons. The number of benzene rings is 1. The van der Waals surface area contributed by atoms with Gasteiger partial charge >= 0.3 is 0 Å². The molecule has 1 atom stereocenters. The molecule has 0 bridgehead atoms. The van der Waals surface area contributed by atoms with Crippen LogP contribution in [-0.2, 0) is 11.3 Å². The Bertz CT molecular complexity index is 973. The lowest BCUT2D eigenvalue weighted by Crippen LogP contribution is -2.24. The number of rotatable bonds is 6. The van der Waals surface area contributed by atoms with Crippen LogP contribution in [0.4, 0.5) is 0 Å². The molecule has 1 aliphatic heterocycles. The van der Waals surface area contributed by atoms with E-state index in [0.717, 1.165) is 5.56 Å². The molecule has 1 unspecified atom stereocenters. The fourth-order valence-electron chi connectivity index (χ4n) is 3.29. The van der Waals surface area contributed by atoms with Gasteiger partial charge in [-0.2, -0.15) is 4.98 Å². The van der Waals surface area contributed by atoms with E-state index in [1.54, 1.807) is 31.4 Å². The quantitative estimate of drug-likeness (QED) is 0.649. The van der Waals surface area contributed by atoms with Crippen LogP contribution in [0.2, 0.25) is 0 Å². The molecule has 1 aliphatic rings. The Morgan fingerprint density at radius 2 is 2.04 bits per heavy atom. The monoisotopic (exact) mass is 380 g/mol. The van der Waals surface area contributed by atoms with Crippen molar-refractivity contribution in [3.05, 3.63) is 54.0 Å². The highest BCUT2D eigenvalue weighted by molar-refractivity contribution is 5.79. The molecule has 1 aromatic carbocycles. The third-order valence-electron chi connectivity index (χ3n) is 4.73. The van der Waals surface area contributed by atoms with E-state index >= 15 is 0 Å². The molecular weight excluding hydrogens is 360 g/mol. The number of carbonyl (C=O) groups is 1. The average molecular weight is 380 g/mol. The van der Waals surface area contributed by atoms with Gasteiger partial charge in [0.05, 0.1) is 14.2 Å². The van der Waals surface area contributed by atoms with Crippen LogP contribution < -0.4 is 9.47 Å². The second kappa shape index (κ2) is 7.67. The van der Waals surface area contributed by atoms with Crippen molar-refractivity contribution >= 4 is 5.91 Å². The molecule has 4 rings (SSSR count). The Morgan fingerprint density at radius 1 is 1.18 bits per heavy atom. The van der Waals surface area contributed by atoms with Crippen LogP contribution in [0.5, 0.6) is 11.5 Å². The zero-order valence-electron chi connectivity index (χ0n) is 15.7. The topological polar surface area (TPSA) is 90.6 Å².